The lowest BCUT2D eigenvalue weighted by Gasteiger charge is -2.31. The first-order valence-corrected chi connectivity index (χ1v) is 13.9. The number of amides is 1. The molecule has 0 saturated carbocycles. The first-order chi connectivity index (χ1) is 19.9. The molecule has 0 bridgehead atoms. The first kappa shape index (κ1) is 28.0. The molecule has 0 radical (unpaired) electrons. The van der Waals surface area contributed by atoms with Crippen molar-refractivity contribution < 1.29 is 24.2 Å². The van der Waals surface area contributed by atoms with Crippen molar-refractivity contribution in [2.75, 3.05) is 25.2 Å². The van der Waals surface area contributed by atoms with Crippen LogP contribution in [0, 0.1) is 13.8 Å². The molecule has 41 heavy (non-hydrogen) atoms. The summed E-state index contributed by atoms with van der Waals surface area (Å²) in [6.07, 6.45) is 6.53. The highest BCUT2D eigenvalue weighted by Gasteiger charge is 2.25. The number of nitrogens with zero attached hydrogens (tertiary/aromatic N) is 3. The van der Waals surface area contributed by atoms with Gasteiger partial charge in [0.25, 0.3) is 0 Å². The van der Waals surface area contributed by atoms with Gasteiger partial charge in [-0.25, -0.2) is 4.79 Å². The van der Waals surface area contributed by atoms with Crippen molar-refractivity contribution in [3.63, 3.8) is 0 Å². The summed E-state index contributed by atoms with van der Waals surface area (Å²) in [6.45, 7) is 5.60. The number of hydrogen-bond donors (Lipinski definition) is 1. The second-order valence-electron chi connectivity index (χ2n) is 10.4. The van der Waals surface area contributed by atoms with Crippen molar-refractivity contribution in [1.82, 2.24) is 9.78 Å². The topological polar surface area (TPSA) is 93.9 Å². The highest BCUT2D eigenvalue weighted by atomic mass is 16.5. The third-order valence-corrected chi connectivity index (χ3v) is 7.72. The zero-order valence-corrected chi connectivity index (χ0v) is 23.7. The monoisotopic (exact) mass is 553 g/mol. The number of anilines is 1. The minimum atomic E-state index is -0.992. The van der Waals surface area contributed by atoms with E-state index in [1.165, 1.54) is 5.56 Å². The van der Waals surface area contributed by atoms with Crippen LogP contribution in [0.2, 0.25) is 0 Å². The maximum absolute atomic E-state index is 13.3. The van der Waals surface area contributed by atoms with Crippen LogP contribution >= 0.6 is 0 Å². The van der Waals surface area contributed by atoms with Crippen molar-refractivity contribution >= 4 is 17.6 Å². The van der Waals surface area contributed by atoms with Crippen LogP contribution in [0.5, 0.6) is 11.5 Å². The number of fused-ring (bicyclic) bond motifs is 1. The SMILES string of the molecule is COc1ccc(C(=O)O)c(Cn2cc(-c3cccc4c3CCCN4C(=O)CCCOc3cccc(C)c3C)cn2)c1. The lowest BCUT2D eigenvalue weighted by molar-refractivity contribution is -0.118. The van der Waals surface area contributed by atoms with E-state index in [-0.39, 0.29) is 11.5 Å². The summed E-state index contributed by atoms with van der Waals surface area (Å²) in [5, 5.41) is 14.1. The van der Waals surface area contributed by atoms with E-state index in [0.717, 1.165) is 46.5 Å². The van der Waals surface area contributed by atoms with Gasteiger partial charge in [0.1, 0.15) is 11.5 Å². The van der Waals surface area contributed by atoms with Gasteiger partial charge in [0.2, 0.25) is 5.91 Å². The fraction of sp³-hybridized carbons (Fsp3) is 0.303. The Morgan fingerprint density at radius 3 is 2.71 bits per heavy atom. The lowest BCUT2D eigenvalue weighted by atomic mass is 9.93. The van der Waals surface area contributed by atoms with Crippen molar-refractivity contribution in [2.45, 2.75) is 46.1 Å². The van der Waals surface area contributed by atoms with Crippen LogP contribution in [-0.4, -0.2) is 47.0 Å². The normalized spacial score (nSPS) is 12.6. The number of carboxylic acid groups (broad SMARTS) is 1. The van der Waals surface area contributed by atoms with Crippen LogP contribution in [0.1, 0.15) is 51.9 Å². The van der Waals surface area contributed by atoms with E-state index in [9.17, 15) is 14.7 Å². The molecule has 0 atom stereocenters. The first-order valence-electron chi connectivity index (χ1n) is 13.9. The molecule has 8 heteroatoms. The number of aromatic nitrogens is 2. The van der Waals surface area contributed by atoms with Crippen LogP contribution in [-0.2, 0) is 17.8 Å². The Balaban J connectivity index is 1.29. The molecular formula is C33H35N3O5. The van der Waals surface area contributed by atoms with Crippen LogP contribution in [0.15, 0.2) is 67.0 Å². The summed E-state index contributed by atoms with van der Waals surface area (Å²) < 4.78 is 13.0. The predicted octanol–water partition coefficient (Wildman–Crippen LogP) is 6.06. The minimum Gasteiger partial charge on any atom is -0.497 e. The summed E-state index contributed by atoms with van der Waals surface area (Å²) in [4.78, 5) is 26.9. The maximum atomic E-state index is 13.3. The average molecular weight is 554 g/mol. The van der Waals surface area contributed by atoms with E-state index in [1.807, 2.05) is 42.3 Å². The fourth-order valence-electron chi connectivity index (χ4n) is 5.38. The molecular weight excluding hydrogens is 518 g/mol. The third-order valence-electron chi connectivity index (χ3n) is 7.72. The van der Waals surface area contributed by atoms with Gasteiger partial charge in [-0.15, -0.1) is 0 Å². The number of rotatable bonds is 10. The predicted molar refractivity (Wildman–Crippen MR) is 158 cm³/mol. The quantitative estimate of drug-likeness (QED) is 0.240. The summed E-state index contributed by atoms with van der Waals surface area (Å²) in [6, 6.07) is 17.0. The molecule has 3 aromatic carbocycles. The fourth-order valence-corrected chi connectivity index (χ4v) is 5.38. The number of benzene rings is 3. The molecule has 212 valence electrons. The van der Waals surface area contributed by atoms with E-state index in [4.69, 9.17) is 9.47 Å². The van der Waals surface area contributed by atoms with Gasteiger partial charge >= 0.3 is 5.97 Å². The minimum absolute atomic E-state index is 0.0996. The number of aryl methyl sites for hydroxylation is 1. The molecule has 4 aromatic rings. The molecule has 0 spiro atoms. The Kier molecular flexibility index (Phi) is 8.38. The zero-order chi connectivity index (χ0) is 28.9. The van der Waals surface area contributed by atoms with Crippen LogP contribution in [0.3, 0.4) is 0 Å². The second-order valence-corrected chi connectivity index (χ2v) is 10.4. The standard InChI is InChI=1S/C33H35N3O5/c1-22-8-4-12-31(23(22)2)41-17-7-13-32(37)36-16-6-10-29-27(9-5-11-30(29)36)25-19-34-35(21-25)20-24-18-26(40-3)14-15-28(24)33(38)39/h4-5,8-9,11-12,14-15,18-19,21H,6-7,10,13,16-17,20H2,1-3H3,(H,38,39). The van der Waals surface area contributed by atoms with Gasteiger partial charge in [0.15, 0.2) is 0 Å². The molecule has 1 aliphatic heterocycles. The molecule has 1 amide bonds. The highest BCUT2D eigenvalue weighted by Crippen LogP contribution is 2.36. The van der Waals surface area contributed by atoms with Crippen molar-refractivity contribution in [3.05, 3.63) is 94.8 Å². The molecule has 1 aliphatic rings. The highest BCUT2D eigenvalue weighted by molar-refractivity contribution is 5.96. The Morgan fingerprint density at radius 1 is 1.07 bits per heavy atom. The molecule has 1 aromatic heterocycles. The van der Waals surface area contributed by atoms with E-state index < -0.39 is 5.97 Å². The Bertz CT molecular complexity index is 1580. The van der Waals surface area contributed by atoms with E-state index in [0.29, 0.717) is 43.9 Å². The molecule has 8 nitrogen and oxygen atoms in total. The summed E-state index contributed by atoms with van der Waals surface area (Å²) in [5.41, 5.74) is 7.19. The molecule has 0 aliphatic carbocycles. The Morgan fingerprint density at radius 2 is 1.90 bits per heavy atom. The van der Waals surface area contributed by atoms with Gasteiger partial charge in [-0.1, -0.05) is 24.3 Å². The number of ether oxygens (including phenoxy) is 2. The molecule has 1 N–H and O–H groups in total. The number of aromatic carboxylic acids is 1. The second kappa shape index (κ2) is 12.3. The third kappa shape index (κ3) is 6.11. The van der Waals surface area contributed by atoms with Gasteiger partial charge in [0.05, 0.1) is 32.0 Å². The van der Waals surface area contributed by atoms with Crippen molar-refractivity contribution in [1.29, 1.82) is 0 Å². The van der Waals surface area contributed by atoms with Gasteiger partial charge in [-0.05, 0) is 91.3 Å². The molecule has 5 rings (SSSR count). The smallest absolute Gasteiger partial charge is 0.336 e. The number of hydrogen-bond acceptors (Lipinski definition) is 5. The van der Waals surface area contributed by atoms with Gasteiger partial charge in [0, 0.05) is 30.4 Å². The summed E-state index contributed by atoms with van der Waals surface area (Å²) in [5.74, 6) is 0.573. The van der Waals surface area contributed by atoms with E-state index in [1.54, 1.807) is 36.2 Å². The summed E-state index contributed by atoms with van der Waals surface area (Å²) >= 11 is 0. The van der Waals surface area contributed by atoms with Crippen molar-refractivity contribution in [3.8, 4) is 22.6 Å². The number of carboxylic acids is 1. The molecule has 0 saturated heterocycles. The van der Waals surface area contributed by atoms with Gasteiger partial charge < -0.3 is 19.5 Å². The average Bonchev–Trinajstić information content (AvgIpc) is 3.44. The van der Waals surface area contributed by atoms with Crippen LogP contribution in [0.4, 0.5) is 5.69 Å². The van der Waals surface area contributed by atoms with Crippen molar-refractivity contribution in [2.24, 2.45) is 0 Å². The van der Waals surface area contributed by atoms with Crippen LogP contribution in [0.25, 0.3) is 11.1 Å². The molecule has 0 fully saturated rings. The van der Waals surface area contributed by atoms with E-state index >= 15 is 0 Å². The lowest BCUT2D eigenvalue weighted by Crippen LogP contribution is -2.35. The van der Waals surface area contributed by atoms with E-state index in [2.05, 4.69) is 24.2 Å². The zero-order valence-electron chi connectivity index (χ0n) is 23.7. The molecule has 0 unspecified atom stereocenters. The maximum Gasteiger partial charge on any atom is 0.336 e. The number of methoxy groups -OCH3 is 1. The molecule has 2 heterocycles. The van der Waals surface area contributed by atoms with Gasteiger partial charge in [-0.3, -0.25) is 9.48 Å². The summed E-state index contributed by atoms with van der Waals surface area (Å²) in [7, 11) is 1.55. The number of carbonyl (C=O) groups is 2. The number of carbonyl (C=O) groups excluding carboxylic acids is 1. The largest absolute Gasteiger partial charge is 0.497 e. The van der Waals surface area contributed by atoms with Gasteiger partial charge in [-0.2, -0.15) is 5.10 Å². The Hall–Kier alpha value is -4.59. The Labute approximate surface area is 240 Å². The van der Waals surface area contributed by atoms with Crippen LogP contribution < -0.4 is 14.4 Å².